The fraction of sp³-hybridized carbons (Fsp3) is 0.571. The molecule has 0 N–H and O–H groups in total. The maximum absolute atomic E-state index is 5.86. The first-order chi connectivity index (χ1) is 8.74. The van der Waals surface area contributed by atoms with Crippen molar-refractivity contribution in [1.29, 1.82) is 0 Å². The molecule has 1 aromatic rings. The second-order valence-electron chi connectivity index (χ2n) is 4.62. The van der Waals surface area contributed by atoms with Crippen molar-refractivity contribution in [1.82, 2.24) is 4.90 Å². The van der Waals surface area contributed by atoms with Crippen LogP contribution in [0.1, 0.15) is 24.5 Å². The number of nitrogens with zero attached hydrogens (tertiary/aromatic N) is 1. The van der Waals surface area contributed by atoms with Crippen LogP contribution in [0.25, 0.3) is 0 Å². The summed E-state index contributed by atoms with van der Waals surface area (Å²) in [7, 11) is 0. The number of hydrogen-bond donors (Lipinski definition) is 0. The summed E-state index contributed by atoms with van der Waals surface area (Å²) in [4.78, 5) is 2.39. The van der Waals surface area contributed by atoms with Gasteiger partial charge in [-0.2, -0.15) is 0 Å². The topological polar surface area (TPSA) is 12.5 Å². The van der Waals surface area contributed by atoms with Gasteiger partial charge in [0, 0.05) is 35.4 Å². The zero-order valence-electron chi connectivity index (χ0n) is 10.7. The van der Waals surface area contributed by atoms with Gasteiger partial charge >= 0.3 is 0 Å². The molecule has 4 heteroatoms. The summed E-state index contributed by atoms with van der Waals surface area (Å²) in [6.45, 7) is 5.93. The van der Waals surface area contributed by atoms with E-state index in [-0.39, 0.29) is 0 Å². The first-order valence-corrected chi connectivity index (χ1v) is 7.79. The number of ether oxygens (including phenoxy) is 1. The summed E-state index contributed by atoms with van der Waals surface area (Å²) < 4.78 is 6.90. The molecule has 0 unspecified atom stereocenters. The van der Waals surface area contributed by atoms with Crippen molar-refractivity contribution in [3.8, 4) is 5.75 Å². The zero-order chi connectivity index (χ0) is 13.0. The van der Waals surface area contributed by atoms with Crippen molar-refractivity contribution < 1.29 is 4.74 Å². The van der Waals surface area contributed by atoms with Gasteiger partial charge in [0.25, 0.3) is 0 Å². The second kappa shape index (κ2) is 6.78. The number of halogens is 2. The molecule has 100 valence electrons. The van der Waals surface area contributed by atoms with Crippen LogP contribution in [0.2, 0.25) is 0 Å². The van der Waals surface area contributed by atoms with Crippen molar-refractivity contribution in [3.05, 3.63) is 27.7 Å². The lowest BCUT2D eigenvalue weighted by Crippen LogP contribution is -2.26. The number of rotatable bonds is 6. The normalized spacial score (nSPS) is 13.8. The van der Waals surface area contributed by atoms with Gasteiger partial charge in [0.1, 0.15) is 5.75 Å². The van der Waals surface area contributed by atoms with Gasteiger partial charge in [-0.1, -0.05) is 22.9 Å². The van der Waals surface area contributed by atoms with E-state index in [1.807, 2.05) is 0 Å². The van der Waals surface area contributed by atoms with E-state index < -0.39 is 0 Å². The van der Waals surface area contributed by atoms with Gasteiger partial charge in [-0.15, -0.1) is 11.6 Å². The Kier molecular flexibility index (Phi) is 5.34. The average Bonchev–Trinajstić information content (AvgIpc) is 2.77. The third-order valence-corrected chi connectivity index (χ3v) is 3.79. The van der Waals surface area contributed by atoms with Gasteiger partial charge in [-0.3, -0.25) is 4.90 Å². The van der Waals surface area contributed by atoms with E-state index in [9.17, 15) is 0 Å². The van der Waals surface area contributed by atoms with Gasteiger partial charge in [0.05, 0.1) is 6.61 Å². The van der Waals surface area contributed by atoms with Crippen molar-refractivity contribution in [3.63, 3.8) is 0 Å². The average molecular weight is 333 g/mol. The predicted octanol–water partition coefficient (Wildman–Crippen LogP) is 3.83. The second-order valence-corrected chi connectivity index (χ2v) is 5.91. The van der Waals surface area contributed by atoms with Crippen molar-refractivity contribution in [2.75, 3.05) is 25.6 Å². The summed E-state index contributed by atoms with van der Waals surface area (Å²) in [6.07, 6.45) is 2.17. The maximum Gasteiger partial charge on any atom is 0.127 e. The van der Waals surface area contributed by atoms with Crippen LogP contribution in [0.15, 0.2) is 16.6 Å². The molecule has 0 atom stereocenters. The third-order valence-electron chi connectivity index (χ3n) is 3.16. The number of hydrogen-bond acceptors (Lipinski definition) is 2. The molecule has 0 bridgehead atoms. The van der Waals surface area contributed by atoms with Crippen molar-refractivity contribution in [2.24, 2.45) is 0 Å². The molecule has 0 saturated carbocycles. The Morgan fingerprint density at radius 1 is 1.39 bits per heavy atom. The zero-order valence-corrected chi connectivity index (χ0v) is 13.1. The minimum Gasteiger partial charge on any atom is -0.493 e. The Morgan fingerprint density at radius 3 is 2.94 bits per heavy atom. The molecule has 0 amide bonds. The van der Waals surface area contributed by atoms with E-state index in [0.29, 0.717) is 5.88 Å². The molecule has 1 aliphatic heterocycles. The highest BCUT2D eigenvalue weighted by Gasteiger charge is 2.18. The van der Waals surface area contributed by atoms with E-state index in [0.717, 1.165) is 49.3 Å². The quantitative estimate of drug-likeness (QED) is 0.734. The van der Waals surface area contributed by atoms with Gasteiger partial charge in [0.15, 0.2) is 0 Å². The van der Waals surface area contributed by atoms with Gasteiger partial charge in [0.2, 0.25) is 0 Å². The predicted molar refractivity (Wildman–Crippen MR) is 79.6 cm³/mol. The molecule has 0 aliphatic carbocycles. The van der Waals surface area contributed by atoms with Gasteiger partial charge in [-0.05, 0) is 30.7 Å². The summed E-state index contributed by atoms with van der Waals surface area (Å²) in [6, 6.07) is 4.33. The minimum absolute atomic E-state index is 0.678. The molecule has 1 aromatic carbocycles. The smallest absolute Gasteiger partial charge is 0.127 e. The van der Waals surface area contributed by atoms with Crippen LogP contribution in [0.5, 0.6) is 5.75 Å². The van der Waals surface area contributed by atoms with Gasteiger partial charge < -0.3 is 4.74 Å². The lowest BCUT2D eigenvalue weighted by molar-refractivity contribution is 0.274. The van der Waals surface area contributed by atoms with Crippen LogP contribution in [0.3, 0.4) is 0 Å². The molecule has 1 heterocycles. The molecule has 0 spiro atoms. The lowest BCUT2D eigenvalue weighted by atomic mass is 10.1. The van der Waals surface area contributed by atoms with Crippen LogP contribution < -0.4 is 4.74 Å². The Labute approximate surface area is 122 Å². The number of alkyl halides is 1. The highest BCUT2D eigenvalue weighted by molar-refractivity contribution is 9.10. The molecular weight excluding hydrogens is 314 g/mol. The Bertz CT molecular complexity index is 405. The first kappa shape index (κ1) is 14.2. The van der Waals surface area contributed by atoms with E-state index in [4.69, 9.17) is 16.3 Å². The Hall–Kier alpha value is -0.250. The highest BCUT2D eigenvalue weighted by Crippen LogP contribution is 2.33. The fourth-order valence-corrected chi connectivity index (χ4v) is 3.20. The molecule has 0 radical (unpaired) electrons. The molecule has 0 aromatic heterocycles. The summed E-state index contributed by atoms with van der Waals surface area (Å²) >= 11 is 9.45. The van der Waals surface area contributed by atoms with E-state index in [1.54, 1.807) is 0 Å². The molecule has 1 aliphatic rings. The van der Waals surface area contributed by atoms with E-state index in [1.165, 1.54) is 11.1 Å². The summed E-state index contributed by atoms with van der Waals surface area (Å²) in [5, 5.41) is 0. The van der Waals surface area contributed by atoms with Crippen LogP contribution in [0.4, 0.5) is 0 Å². The van der Waals surface area contributed by atoms with Gasteiger partial charge in [-0.25, -0.2) is 0 Å². The molecule has 2 rings (SSSR count). The first-order valence-electron chi connectivity index (χ1n) is 6.47. The standard InChI is InChI=1S/C14H19BrClNO/c1-2-5-17(6-4-16)10-12-9-13(15)8-11-3-7-18-14(11)12/h8-9H,2-7,10H2,1H3. The van der Waals surface area contributed by atoms with Crippen molar-refractivity contribution >= 4 is 27.5 Å². The molecule has 2 nitrogen and oxygen atoms in total. The molecular formula is C14H19BrClNO. The van der Waals surface area contributed by atoms with E-state index >= 15 is 0 Å². The Morgan fingerprint density at radius 2 is 2.22 bits per heavy atom. The monoisotopic (exact) mass is 331 g/mol. The van der Waals surface area contributed by atoms with Crippen LogP contribution >= 0.6 is 27.5 Å². The SMILES string of the molecule is CCCN(CCCl)Cc1cc(Br)cc2c1OCC2. The number of benzene rings is 1. The molecule has 0 fully saturated rings. The maximum atomic E-state index is 5.86. The fourth-order valence-electron chi connectivity index (χ4n) is 2.41. The third kappa shape index (κ3) is 3.40. The van der Waals surface area contributed by atoms with Crippen LogP contribution in [-0.4, -0.2) is 30.5 Å². The summed E-state index contributed by atoms with van der Waals surface area (Å²) in [5.74, 6) is 1.77. The van der Waals surface area contributed by atoms with E-state index in [2.05, 4.69) is 39.9 Å². The lowest BCUT2D eigenvalue weighted by Gasteiger charge is -2.21. The minimum atomic E-state index is 0.678. The molecule has 0 saturated heterocycles. The van der Waals surface area contributed by atoms with Crippen LogP contribution in [0, 0.1) is 0 Å². The Balaban J connectivity index is 2.17. The largest absolute Gasteiger partial charge is 0.493 e. The highest BCUT2D eigenvalue weighted by atomic mass is 79.9. The summed E-state index contributed by atoms with van der Waals surface area (Å²) in [5.41, 5.74) is 2.59. The number of fused-ring (bicyclic) bond motifs is 1. The van der Waals surface area contributed by atoms with Crippen molar-refractivity contribution in [2.45, 2.75) is 26.3 Å². The van der Waals surface area contributed by atoms with Crippen LogP contribution in [-0.2, 0) is 13.0 Å². The molecule has 18 heavy (non-hydrogen) atoms.